The van der Waals surface area contributed by atoms with Gasteiger partial charge in [-0.25, -0.2) is 0 Å². The van der Waals surface area contributed by atoms with Crippen LogP contribution in [0.3, 0.4) is 0 Å². The molecule has 16 heavy (non-hydrogen) atoms. The smallest absolute Gasteiger partial charge is 0.0507 e. The van der Waals surface area contributed by atoms with Crippen LogP contribution >= 0.6 is 15.9 Å². The first-order valence-corrected chi connectivity index (χ1v) is 6.37. The molecule has 1 heterocycles. The lowest BCUT2D eigenvalue weighted by atomic mass is 10.1. The van der Waals surface area contributed by atoms with Gasteiger partial charge in [-0.1, -0.05) is 15.9 Å². The van der Waals surface area contributed by atoms with Crippen molar-refractivity contribution in [2.45, 2.75) is 13.0 Å². The van der Waals surface area contributed by atoms with E-state index in [1.807, 2.05) is 12.1 Å². The summed E-state index contributed by atoms with van der Waals surface area (Å²) in [4.78, 5) is 0. The maximum Gasteiger partial charge on any atom is 0.0507 e. The molecule has 1 saturated heterocycles. The highest BCUT2D eigenvalue weighted by atomic mass is 79.9. The zero-order valence-corrected chi connectivity index (χ0v) is 10.8. The fourth-order valence-corrected chi connectivity index (χ4v) is 2.50. The summed E-state index contributed by atoms with van der Waals surface area (Å²) in [5, 5.41) is 3.44. The Bertz CT molecular complexity index is 331. The standard InChI is InChI=1S/C12H17BrN2O/c13-11-3-10(4-12(14)5-11)7-15-6-9-1-2-16-8-9/h3-5,9,15H,1-2,6-8,14H2. The van der Waals surface area contributed by atoms with Gasteiger partial charge >= 0.3 is 0 Å². The number of anilines is 1. The van der Waals surface area contributed by atoms with Crippen molar-refractivity contribution in [1.29, 1.82) is 0 Å². The number of nitrogens with one attached hydrogen (secondary N) is 1. The van der Waals surface area contributed by atoms with Crippen LogP contribution in [0.4, 0.5) is 5.69 Å². The van der Waals surface area contributed by atoms with E-state index in [0.717, 1.165) is 36.5 Å². The van der Waals surface area contributed by atoms with Crippen molar-refractivity contribution in [3.05, 3.63) is 28.2 Å². The van der Waals surface area contributed by atoms with E-state index in [-0.39, 0.29) is 0 Å². The van der Waals surface area contributed by atoms with Crippen molar-refractivity contribution in [3.63, 3.8) is 0 Å². The third kappa shape index (κ3) is 3.47. The Hall–Kier alpha value is -0.580. The van der Waals surface area contributed by atoms with Crippen LogP contribution in [0.2, 0.25) is 0 Å². The number of nitrogens with two attached hydrogens (primary N) is 1. The molecule has 0 aromatic heterocycles. The van der Waals surface area contributed by atoms with Crippen LogP contribution in [-0.4, -0.2) is 19.8 Å². The molecule has 2 rings (SSSR count). The Morgan fingerprint density at radius 2 is 2.31 bits per heavy atom. The van der Waals surface area contributed by atoms with Gasteiger partial charge in [0.25, 0.3) is 0 Å². The molecular formula is C12H17BrN2O. The van der Waals surface area contributed by atoms with Gasteiger partial charge in [-0.2, -0.15) is 0 Å². The number of halogens is 1. The summed E-state index contributed by atoms with van der Waals surface area (Å²) in [5.41, 5.74) is 7.79. The van der Waals surface area contributed by atoms with Crippen molar-refractivity contribution >= 4 is 21.6 Å². The minimum atomic E-state index is 0.671. The molecule has 1 unspecified atom stereocenters. The van der Waals surface area contributed by atoms with Gasteiger partial charge in [0.2, 0.25) is 0 Å². The molecule has 1 atom stereocenters. The van der Waals surface area contributed by atoms with E-state index in [2.05, 4.69) is 27.3 Å². The van der Waals surface area contributed by atoms with E-state index in [4.69, 9.17) is 10.5 Å². The quantitative estimate of drug-likeness (QED) is 0.833. The summed E-state index contributed by atoms with van der Waals surface area (Å²) in [6.45, 7) is 3.69. The van der Waals surface area contributed by atoms with Crippen LogP contribution in [0.1, 0.15) is 12.0 Å². The average molecular weight is 285 g/mol. The minimum Gasteiger partial charge on any atom is -0.399 e. The number of ether oxygens (including phenoxy) is 1. The van der Waals surface area contributed by atoms with Crippen molar-refractivity contribution < 1.29 is 4.74 Å². The lowest BCUT2D eigenvalue weighted by Gasteiger charge is -2.10. The van der Waals surface area contributed by atoms with Gasteiger partial charge in [0, 0.05) is 29.9 Å². The lowest BCUT2D eigenvalue weighted by Crippen LogP contribution is -2.22. The van der Waals surface area contributed by atoms with Gasteiger partial charge in [0.1, 0.15) is 0 Å². The van der Waals surface area contributed by atoms with Crippen LogP contribution in [-0.2, 0) is 11.3 Å². The number of rotatable bonds is 4. The fraction of sp³-hybridized carbons (Fsp3) is 0.500. The summed E-state index contributed by atoms with van der Waals surface area (Å²) < 4.78 is 6.37. The number of hydrogen-bond acceptors (Lipinski definition) is 3. The van der Waals surface area contributed by atoms with Gasteiger partial charge in [-0.05, 0) is 36.1 Å². The Kier molecular flexibility index (Phi) is 4.21. The predicted octanol–water partition coefficient (Wildman–Crippen LogP) is 2.16. The maximum absolute atomic E-state index is 5.78. The topological polar surface area (TPSA) is 47.3 Å². The Morgan fingerprint density at radius 1 is 1.44 bits per heavy atom. The van der Waals surface area contributed by atoms with Crippen LogP contribution in [0.15, 0.2) is 22.7 Å². The van der Waals surface area contributed by atoms with Crippen LogP contribution in [0, 0.1) is 5.92 Å². The maximum atomic E-state index is 5.78. The number of hydrogen-bond donors (Lipinski definition) is 2. The highest BCUT2D eigenvalue weighted by molar-refractivity contribution is 9.10. The van der Waals surface area contributed by atoms with Gasteiger partial charge in [0.15, 0.2) is 0 Å². The third-order valence-corrected chi connectivity index (χ3v) is 3.22. The molecule has 0 radical (unpaired) electrons. The van der Waals surface area contributed by atoms with E-state index in [1.165, 1.54) is 12.0 Å². The molecule has 1 aliphatic heterocycles. The second-order valence-corrected chi connectivity index (χ2v) is 5.17. The molecule has 0 amide bonds. The highest BCUT2D eigenvalue weighted by Gasteiger charge is 2.14. The van der Waals surface area contributed by atoms with E-state index >= 15 is 0 Å². The van der Waals surface area contributed by atoms with Gasteiger partial charge in [0.05, 0.1) is 6.61 Å². The van der Waals surface area contributed by atoms with Crippen LogP contribution in [0.25, 0.3) is 0 Å². The molecule has 0 bridgehead atoms. The zero-order valence-electron chi connectivity index (χ0n) is 9.21. The minimum absolute atomic E-state index is 0.671. The average Bonchev–Trinajstić information content (AvgIpc) is 2.69. The van der Waals surface area contributed by atoms with Crippen molar-refractivity contribution in [2.75, 3.05) is 25.5 Å². The molecule has 1 aliphatic rings. The molecule has 0 saturated carbocycles. The summed E-state index contributed by atoms with van der Waals surface area (Å²) in [6, 6.07) is 6.01. The molecule has 1 aromatic rings. The predicted molar refractivity (Wildman–Crippen MR) is 69.2 cm³/mol. The van der Waals surface area contributed by atoms with E-state index in [9.17, 15) is 0 Å². The first kappa shape index (κ1) is 11.9. The number of benzene rings is 1. The summed E-state index contributed by atoms with van der Waals surface area (Å²) >= 11 is 3.44. The molecule has 0 aliphatic carbocycles. The molecule has 3 N–H and O–H groups in total. The molecule has 4 heteroatoms. The first-order valence-electron chi connectivity index (χ1n) is 5.57. The fourth-order valence-electron chi connectivity index (χ4n) is 1.94. The molecule has 0 spiro atoms. The van der Waals surface area contributed by atoms with Gasteiger partial charge in [-0.15, -0.1) is 0 Å². The summed E-state index contributed by atoms with van der Waals surface area (Å²) in [6.07, 6.45) is 1.17. The second kappa shape index (κ2) is 5.66. The summed E-state index contributed by atoms with van der Waals surface area (Å²) in [7, 11) is 0. The molecular weight excluding hydrogens is 268 g/mol. The van der Waals surface area contributed by atoms with E-state index in [1.54, 1.807) is 0 Å². The van der Waals surface area contributed by atoms with Crippen LogP contribution < -0.4 is 11.1 Å². The van der Waals surface area contributed by atoms with Gasteiger partial charge < -0.3 is 15.8 Å². The SMILES string of the molecule is Nc1cc(Br)cc(CNCC2CCOC2)c1. The highest BCUT2D eigenvalue weighted by Crippen LogP contribution is 2.17. The Labute approximate surface area is 104 Å². The number of nitrogen functional groups attached to an aromatic ring is 1. The lowest BCUT2D eigenvalue weighted by molar-refractivity contribution is 0.185. The molecule has 1 aromatic carbocycles. The van der Waals surface area contributed by atoms with Crippen molar-refractivity contribution in [1.82, 2.24) is 5.32 Å². The van der Waals surface area contributed by atoms with Crippen LogP contribution in [0.5, 0.6) is 0 Å². The van der Waals surface area contributed by atoms with E-state index < -0.39 is 0 Å². The second-order valence-electron chi connectivity index (χ2n) is 4.25. The Morgan fingerprint density at radius 3 is 3.00 bits per heavy atom. The molecule has 1 fully saturated rings. The largest absolute Gasteiger partial charge is 0.399 e. The Balaban J connectivity index is 1.80. The first-order chi connectivity index (χ1) is 7.74. The van der Waals surface area contributed by atoms with E-state index in [0.29, 0.717) is 5.92 Å². The van der Waals surface area contributed by atoms with Gasteiger partial charge in [-0.3, -0.25) is 0 Å². The summed E-state index contributed by atoms with van der Waals surface area (Å²) in [5.74, 6) is 0.671. The molecule has 88 valence electrons. The zero-order chi connectivity index (χ0) is 11.4. The monoisotopic (exact) mass is 284 g/mol. The molecule has 3 nitrogen and oxygen atoms in total. The van der Waals surface area contributed by atoms with Crippen molar-refractivity contribution in [2.24, 2.45) is 5.92 Å². The van der Waals surface area contributed by atoms with Crippen molar-refractivity contribution in [3.8, 4) is 0 Å². The normalized spacial score (nSPS) is 20.2. The third-order valence-electron chi connectivity index (χ3n) is 2.77.